The van der Waals surface area contributed by atoms with Crippen LogP contribution >= 0.6 is 0 Å². The van der Waals surface area contributed by atoms with Crippen LogP contribution < -0.4 is 4.90 Å². The van der Waals surface area contributed by atoms with E-state index in [4.69, 9.17) is 4.74 Å². The predicted molar refractivity (Wildman–Crippen MR) is 149 cm³/mol. The minimum absolute atomic E-state index is 0.197. The van der Waals surface area contributed by atoms with E-state index in [1.54, 1.807) is 0 Å². The summed E-state index contributed by atoms with van der Waals surface area (Å²) in [5.41, 5.74) is 1.91. The van der Waals surface area contributed by atoms with Gasteiger partial charge in [0.1, 0.15) is 0 Å². The third kappa shape index (κ3) is 15.4. The van der Waals surface area contributed by atoms with Crippen molar-refractivity contribution in [1.82, 2.24) is 0 Å². The first kappa shape index (κ1) is 30.5. The van der Waals surface area contributed by atoms with Crippen LogP contribution in [0.15, 0.2) is 24.3 Å². The largest absolute Gasteiger partial charge is 0.462 e. The lowest BCUT2D eigenvalue weighted by molar-refractivity contribution is 0.0500. The molecule has 0 atom stereocenters. The number of rotatable bonds is 23. The lowest BCUT2D eigenvalue weighted by Crippen LogP contribution is -2.25. The third-order valence-corrected chi connectivity index (χ3v) is 6.76. The fourth-order valence-electron chi connectivity index (χ4n) is 4.44. The SMILES string of the molecule is CCCCCCCCCCN(CCCCCCCCCC)c1ccc(C(=O)OCCCC)cc1. The van der Waals surface area contributed by atoms with E-state index in [0.717, 1.165) is 25.9 Å². The highest BCUT2D eigenvalue weighted by molar-refractivity contribution is 5.89. The molecule has 1 aromatic rings. The first-order chi connectivity index (χ1) is 16.7. The fraction of sp³-hybridized carbons (Fsp3) is 0.774. The summed E-state index contributed by atoms with van der Waals surface area (Å²) in [6.07, 6.45) is 23.6. The molecule has 0 N–H and O–H groups in total. The summed E-state index contributed by atoms with van der Waals surface area (Å²) >= 11 is 0. The first-order valence-electron chi connectivity index (χ1n) is 14.7. The number of benzene rings is 1. The number of unbranched alkanes of at least 4 members (excludes halogenated alkanes) is 15. The zero-order valence-corrected chi connectivity index (χ0v) is 22.9. The Balaban J connectivity index is 2.48. The molecule has 0 unspecified atom stereocenters. The molecule has 0 aliphatic carbocycles. The minimum atomic E-state index is -0.197. The van der Waals surface area contributed by atoms with Crippen LogP contribution in [0, 0.1) is 0 Å². The van der Waals surface area contributed by atoms with Gasteiger partial charge < -0.3 is 9.64 Å². The highest BCUT2D eigenvalue weighted by Gasteiger charge is 2.10. The second-order valence-electron chi connectivity index (χ2n) is 9.97. The molecule has 0 radical (unpaired) electrons. The van der Waals surface area contributed by atoms with Gasteiger partial charge in [0, 0.05) is 18.8 Å². The van der Waals surface area contributed by atoms with Crippen LogP contribution in [0.2, 0.25) is 0 Å². The van der Waals surface area contributed by atoms with Crippen molar-refractivity contribution in [2.24, 2.45) is 0 Å². The van der Waals surface area contributed by atoms with E-state index in [1.165, 1.54) is 108 Å². The number of ether oxygens (including phenoxy) is 1. The first-order valence-corrected chi connectivity index (χ1v) is 14.7. The number of esters is 1. The highest BCUT2D eigenvalue weighted by atomic mass is 16.5. The van der Waals surface area contributed by atoms with Crippen LogP contribution in [-0.2, 0) is 4.74 Å². The summed E-state index contributed by atoms with van der Waals surface area (Å²) in [6.45, 7) is 9.42. The van der Waals surface area contributed by atoms with Gasteiger partial charge in [0.2, 0.25) is 0 Å². The van der Waals surface area contributed by atoms with Crippen molar-refractivity contribution in [2.45, 2.75) is 136 Å². The van der Waals surface area contributed by atoms with Crippen molar-refractivity contribution in [1.29, 1.82) is 0 Å². The standard InChI is InChI=1S/C31H55NO2/c1-4-7-10-12-14-16-18-20-26-32(27-21-19-17-15-13-11-8-5-2)30-24-22-29(23-25-30)31(33)34-28-9-6-3/h22-25H,4-21,26-28H2,1-3H3. The Bertz CT molecular complexity index is 564. The van der Waals surface area contributed by atoms with Crippen LogP contribution in [0.3, 0.4) is 0 Å². The van der Waals surface area contributed by atoms with E-state index in [9.17, 15) is 4.79 Å². The number of carbonyl (C=O) groups excluding carboxylic acids is 1. The number of hydrogen-bond donors (Lipinski definition) is 0. The molecule has 3 heteroatoms. The van der Waals surface area contributed by atoms with Crippen molar-refractivity contribution in [3.63, 3.8) is 0 Å². The Morgan fingerprint density at radius 1 is 0.588 bits per heavy atom. The molecule has 1 rings (SSSR count). The molecular weight excluding hydrogens is 418 g/mol. The van der Waals surface area contributed by atoms with Gasteiger partial charge in [-0.1, -0.05) is 117 Å². The van der Waals surface area contributed by atoms with Gasteiger partial charge in [-0.05, 0) is 43.5 Å². The van der Waals surface area contributed by atoms with Gasteiger partial charge in [0.25, 0.3) is 0 Å². The van der Waals surface area contributed by atoms with E-state index < -0.39 is 0 Å². The molecule has 0 saturated carbocycles. The summed E-state index contributed by atoms with van der Waals surface area (Å²) < 4.78 is 5.37. The molecule has 1 aromatic carbocycles. The molecule has 0 amide bonds. The third-order valence-electron chi connectivity index (χ3n) is 6.76. The Labute approximate surface area is 212 Å². The summed E-state index contributed by atoms with van der Waals surface area (Å²) in [7, 11) is 0. The van der Waals surface area contributed by atoms with Crippen LogP contribution in [0.1, 0.15) is 147 Å². The van der Waals surface area contributed by atoms with Gasteiger partial charge in [-0.3, -0.25) is 0 Å². The van der Waals surface area contributed by atoms with Crippen LogP contribution in [-0.4, -0.2) is 25.7 Å². The van der Waals surface area contributed by atoms with Crippen molar-refractivity contribution in [3.8, 4) is 0 Å². The quantitative estimate of drug-likeness (QED) is 0.117. The molecule has 34 heavy (non-hydrogen) atoms. The zero-order chi connectivity index (χ0) is 24.7. The summed E-state index contributed by atoms with van der Waals surface area (Å²) in [5, 5.41) is 0. The maximum atomic E-state index is 12.2. The molecule has 0 spiro atoms. The second kappa shape index (κ2) is 22.0. The Hall–Kier alpha value is -1.51. The number of nitrogens with zero attached hydrogens (tertiary/aromatic N) is 1. The van der Waals surface area contributed by atoms with Crippen molar-refractivity contribution >= 4 is 11.7 Å². The van der Waals surface area contributed by atoms with E-state index in [2.05, 4.69) is 37.8 Å². The smallest absolute Gasteiger partial charge is 0.338 e. The molecule has 0 heterocycles. The average molecular weight is 474 g/mol. The highest BCUT2D eigenvalue weighted by Crippen LogP contribution is 2.19. The number of hydrogen-bond acceptors (Lipinski definition) is 3. The maximum absolute atomic E-state index is 12.2. The molecule has 0 fully saturated rings. The zero-order valence-electron chi connectivity index (χ0n) is 22.9. The Morgan fingerprint density at radius 2 is 1.00 bits per heavy atom. The number of carbonyl (C=O) groups is 1. The Kier molecular flexibility index (Phi) is 19.7. The molecule has 0 saturated heterocycles. The van der Waals surface area contributed by atoms with Gasteiger partial charge >= 0.3 is 5.97 Å². The van der Waals surface area contributed by atoms with Crippen molar-refractivity contribution < 1.29 is 9.53 Å². The second-order valence-corrected chi connectivity index (χ2v) is 9.97. The molecule has 0 aromatic heterocycles. The molecule has 0 aliphatic rings. The van der Waals surface area contributed by atoms with Crippen LogP contribution in [0.25, 0.3) is 0 Å². The maximum Gasteiger partial charge on any atom is 0.338 e. The summed E-state index contributed by atoms with van der Waals surface area (Å²) in [4.78, 5) is 14.8. The van der Waals surface area contributed by atoms with Gasteiger partial charge in [-0.2, -0.15) is 0 Å². The lowest BCUT2D eigenvalue weighted by Gasteiger charge is -2.25. The van der Waals surface area contributed by atoms with E-state index in [1.807, 2.05) is 12.1 Å². The summed E-state index contributed by atoms with van der Waals surface area (Å²) in [5.74, 6) is -0.197. The predicted octanol–water partition coefficient (Wildman–Crippen LogP) is 9.73. The molecule has 0 bridgehead atoms. The molecule has 196 valence electrons. The number of anilines is 1. The van der Waals surface area contributed by atoms with Gasteiger partial charge in [0.15, 0.2) is 0 Å². The Morgan fingerprint density at radius 3 is 1.44 bits per heavy atom. The van der Waals surface area contributed by atoms with Crippen LogP contribution in [0.5, 0.6) is 0 Å². The van der Waals surface area contributed by atoms with E-state index in [-0.39, 0.29) is 5.97 Å². The topological polar surface area (TPSA) is 29.5 Å². The van der Waals surface area contributed by atoms with E-state index in [0.29, 0.717) is 12.2 Å². The summed E-state index contributed by atoms with van der Waals surface area (Å²) in [6, 6.07) is 8.12. The minimum Gasteiger partial charge on any atom is -0.462 e. The molecular formula is C31H55NO2. The van der Waals surface area contributed by atoms with Crippen molar-refractivity contribution in [3.05, 3.63) is 29.8 Å². The van der Waals surface area contributed by atoms with Gasteiger partial charge in [0.05, 0.1) is 12.2 Å². The van der Waals surface area contributed by atoms with Crippen molar-refractivity contribution in [2.75, 3.05) is 24.6 Å². The molecule has 3 nitrogen and oxygen atoms in total. The monoisotopic (exact) mass is 473 g/mol. The molecule has 0 aliphatic heterocycles. The van der Waals surface area contributed by atoms with Crippen LogP contribution in [0.4, 0.5) is 5.69 Å². The normalized spacial score (nSPS) is 11.0. The van der Waals surface area contributed by atoms with Gasteiger partial charge in [-0.25, -0.2) is 4.79 Å². The lowest BCUT2D eigenvalue weighted by atomic mass is 10.1. The van der Waals surface area contributed by atoms with E-state index >= 15 is 0 Å². The van der Waals surface area contributed by atoms with Gasteiger partial charge in [-0.15, -0.1) is 0 Å². The average Bonchev–Trinajstić information content (AvgIpc) is 2.86. The fourth-order valence-corrected chi connectivity index (χ4v) is 4.44.